The van der Waals surface area contributed by atoms with E-state index in [0.29, 0.717) is 19.6 Å². The zero-order valence-corrected chi connectivity index (χ0v) is 25.2. The maximum Gasteiger partial charge on any atom is 0.414 e. The lowest BCUT2D eigenvalue weighted by Crippen LogP contribution is -2.53. The fourth-order valence-corrected chi connectivity index (χ4v) is 5.15. The third-order valence-corrected chi connectivity index (χ3v) is 11.5. The van der Waals surface area contributed by atoms with Crippen molar-refractivity contribution in [3.63, 3.8) is 0 Å². The van der Waals surface area contributed by atoms with Crippen molar-refractivity contribution in [2.75, 3.05) is 31.1 Å². The van der Waals surface area contributed by atoms with E-state index < -0.39 is 26.2 Å². The third kappa shape index (κ3) is 7.45. The normalized spacial score (nSPS) is 19.7. The van der Waals surface area contributed by atoms with Gasteiger partial charge in [0.1, 0.15) is 11.7 Å². The summed E-state index contributed by atoms with van der Waals surface area (Å²) in [5.74, 6) is -0.528. The third-order valence-electron chi connectivity index (χ3n) is 7.10. The SMILES string of the molecule is CC(=O)NC[C@H]1CN(c2ccc(C3=CCN([C@@H](O[Si](C)(C)C(C)(C)C)C(=O)OC(C)(C)C)C3)cc2)C(=O)O1. The number of rotatable bonds is 8. The minimum atomic E-state index is -2.26. The van der Waals surface area contributed by atoms with Crippen molar-refractivity contribution < 1.29 is 28.3 Å². The van der Waals surface area contributed by atoms with Crippen LogP contribution in [0.5, 0.6) is 0 Å². The molecule has 2 atom stereocenters. The standard InChI is InChI=1S/C28H43N3O6Si/c1-19(32)29-16-23-18-31(26(34)35-23)22-12-10-20(11-13-22)21-14-15-30(17-21)24(25(33)36-27(2,3)4)37-38(8,9)28(5,6)7/h10-14,23-24H,15-18H2,1-9H3,(H,29,32)/t23-,24-/m0/s1. The van der Waals surface area contributed by atoms with E-state index in [1.54, 1.807) is 4.90 Å². The molecule has 1 saturated heterocycles. The van der Waals surface area contributed by atoms with E-state index in [0.717, 1.165) is 16.8 Å². The second-order valence-corrected chi connectivity index (χ2v) is 17.3. The van der Waals surface area contributed by atoms with Gasteiger partial charge in [-0.2, -0.15) is 0 Å². The van der Waals surface area contributed by atoms with Crippen LogP contribution in [0, 0.1) is 0 Å². The summed E-state index contributed by atoms with van der Waals surface area (Å²) in [6.07, 6.45) is 0.503. The van der Waals surface area contributed by atoms with Crippen LogP contribution in [-0.2, 0) is 23.5 Å². The number of benzene rings is 1. The Morgan fingerprint density at radius 3 is 2.32 bits per heavy atom. The first kappa shape index (κ1) is 29.9. The van der Waals surface area contributed by atoms with Gasteiger partial charge in [0.25, 0.3) is 0 Å². The summed E-state index contributed by atoms with van der Waals surface area (Å²) in [5, 5.41) is 2.63. The molecule has 1 N–H and O–H groups in total. The van der Waals surface area contributed by atoms with Gasteiger partial charge in [0.2, 0.25) is 12.1 Å². The van der Waals surface area contributed by atoms with Crippen LogP contribution in [0.25, 0.3) is 5.57 Å². The minimum Gasteiger partial charge on any atom is -0.457 e. The topological polar surface area (TPSA) is 97.4 Å². The van der Waals surface area contributed by atoms with E-state index in [9.17, 15) is 14.4 Å². The molecule has 0 bridgehead atoms. The summed E-state index contributed by atoms with van der Waals surface area (Å²) >= 11 is 0. The monoisotopic (exact) mass is 545 g/mol. The molecular formula is C28H43N3O6Si. The summed E-state index contributed by atoms with van der Waals surface area (Å²) in [6, 6.07) is 7.71. The molecule has 1 fully saturated rings. The van der Waals surface area contributed by atoms with E-state index >= 15 is 0 Å². The first-order chi connectivity index (χ1) is 17.5. The highest BCUT2D eigenvalue weighted by molar-refractivity contribution is 6.74. The lowest BCUT2D eigenvalue weighted by molar-refractivity contribution is -0.173. The Bertz CT molecular complexity index is 1070. The molecule has 1 aromatic rings. The number of carbonyl (C=O) groups excluding carboxylic acids is 3. The second-order valence-electron chi connectivity index (χ2n) is 12.5. The lowest BCUT2D eigenvalue weighted by Gasteiger charge is -2.41. The zero-order chi connectivity index (χ0) is 28.5. The Morgan fingerprint density at radius 1 is 1.13 bits per heavy atom. The fourth-order valence-electron chi connectivity index (χ4n) is 3.99. The second kappa shape index (κ2) is 11.2. The Hall–Kier alpha value is -2.69. The van der Waals surface area contributed by atoms with Gasteiger partial charge >= 0.3 is 12.1 Å². The number of anilines is 1. The molecule has 0 unspecified atom stereocenters. The molecule has 9 nitrogen and oxygen atoms in total. The predicted octanol–water partition coefficient (Wildman–Crippen LogP) is 4.54. The van der Waals surface area contributed by atoms with Crippen molar-refractivity contribution in [3.05, 3.63) is 35.9 Å². The first-order valence-electron chi connectivity index (χ1n) is 13.1. The van der Waals surface area contributed by atoms with Gasteiger partial charge in [-0.25, -0.2) is 9.59 Å². The van der Waals surface area contributed by atoms with Crippen LogP contribution in [0.15, 0.2) is 30.3 Å². The molecule has 2 aliphatic rings. The summed E-state index contributed by atoms with van der Waals surface area (Å²) in [6.45, 7) is 19.5. The van der Waals surface area contributed by atoms with Crippen LogP contribution < -0.4 is 10.2 Å². The highest BCUT2D eigenvalue weighted by Crippen LogP contribution is 2.38. The number of hydrogen-bond donors (Lipinski definition) is 1. The number of ether oxygens (including phenoxy) is 2. The average Bonchev–Trinajstić information content (AvgIpc) is 3.41. The number of hydrogen-bond acceptors (Lipinski definition) is 7. The van der Waals surface area contributed by atoms with Gasteiger partial charge in [0.15, 0.2) is 8.32 Å². The van der Waals surface area contributed by atoms with Gasteiger partial charge in [-0.15, -0.1) is 0 Å². The van der Waals surface area contributed by atoms with E-state index in [1.807, 2.05) is 49.9 Å². The Labute approximate surface area is 227 Å². The molecule has 2 heterocycles. The van der Waals surface area contributed by atoms with Crippen LogP contribution in [0.3, 0.4) is 0 Å². The maximum absolute atomic E-state index is 13.3. The summed E-state index contributed by atoms with van der Waals surface area (Å²) in [5.41, 5.74) is 2.20. The van der Waals surface area contributed by atoms with Gasteiger partial charge < -0.3 is 19.2 Å². The summed E-state index contributed by atoms with van der Waals surface area (Å²) in [4.78, 5) is 40.4. The van der Waals surface area contributed by atoms with E-state index in [2.05, 4.69) is 45.3 Å². The van der Waals surface area contributed by atoms with Crippen LogP contribution in [0.2, 0.25) is 18.1 Å². The molecule has 10 heteroatoms. The predicted molar refractivity (Wildman–Crippen MR) is 150 cm³/mol. The number of cyclic esters (lactones) is 1. The molecule has 2 amide bonds. The van der Waals surface area contributed by atoms with Crippen LogP contribution in [-0.4, -0.2) is 75.3 Å². The molecule has 0 radical (unpaired) electrons. The molecule has 38 heavy (non-hydrogen) atoms. The molecular weight excluding hydrogens is 502 g/mol. The van der Waals surface area contributed by atoms with Gasteiger partial charge in [0, 0.05) is 25.7 Å². The van der Waals surface area contributed by atoms with Gasteiger partial charge in [-0.3, -0.25) is 14.6 Å². The Balaban J connectivity index is 1.71. The molecule has 0 aromatic heterocycles. The quantitative estimate of drug-likeness (QED) is 0.378. The summed E-state index contributed by atoms with van der Waals surface area (Å²) < 4.78 is 17.7. The molecule has 2 aliphatic heterocycles. The molecule has 0 spiro atoms. The summed E-state index contributed by atoms with van der Waals surface area (Å²) in [7, 11) is -2.26. The van der Waals surface area contributed by atoms with Crippen molar-refractivity contribution in [3.8, 4) is 0 Å². The smallest absolute Gasteiger partial charge is 0.414 e. The average molecular weight is 546 g/mol. The number of nitrogens with one attached hydrogen (secondary N) is 1. The zero-order valence-electron chi connectivity index (χ0n) is 24.2. The Kier molecular flexibility index (Phi) is 8.80. The Morgan fingerprint density at radius 2 is 1.76 bits per heavy atom. The van der Waals surface area contributed by atoms with Crippen LogP contribution >= 0.6 is 0 Å². The highest BCUT2D eigenvalue weighted by atomic mass is 28.4. The van der Waals surface area contributed by atoms with Crippen LogP contribution in [0.4, 0.5) is 10.5 Å². The molecule has 210 valence electrons. The van der Waals surface area contributed by atoms with E-state index in [-0.39, 0.29) is 29.6 Å². The van der Waals surface area contributed by atoms with Gasteiger partial charge in [0.05, 0.1) is 13.1 Å². The number of nitrogens with zero attached hydrogens (tertiary/aromatic N) is 2. The molecule has 0 saturated carbocycles. The van der Waals surface area contributed by atoms with Crippen molar-refractivity contribution >= 4 is 37.5 Å². The van der Waals surface area contributed by atoms with Gasteiger partial charge in [-0.1, -0.05) is 39.0 Å². The van der Waals surface area contributed by atoms with E-state index in [1.165, 1.54) is 6.92 Å². The highest BCUT2D eigenvalue weighted by Gasteiger charge is 2.44. The van der Waals surface area contributed by atoms with Crippen molar-refractivity contribution in [1.29, 1.82) is 0 Å². The number of esters is 1. The molecule has 0 aliphatic carbocycles. The largest absolute Gasteiger partial charge is 0.457 e. The number of amides is 2. The van der Waals surface area contributed by atoms with Gasteiger partial charge in [-0.05, 0) is 62.2 Å². The van der Waals surface area contributed by atoms with Crippen molar-refractivity contribution in [2.45, 2.75) is 84.5 Å². The van der Waals surface area contributed by atoms with E-state index in [4.69, 9.17) is 13.9 Å². The number of carbonyl (C=O) groups is 3. The lowest BCUT2D eigenvalue weighted by atomic mass is 10.1. The fraction of sp³-hybridized carbons (Fsp3) is 0.607. The first-order valence-corrected chi connectivity index (χ1v) is 16.0. The van der Waals surface area contributed by atoms with Crippen molar-refractivity contribution in [2.24, 2.45) is 0 Å². The minimum absolute atomic E-state index is 0.0586. The molecule has 3 rings (SSSR count). The van der Waals surface area contributed by atoms with Crippen LogP contribution in [0.1, 0.15) is 54.0 Å². The maximum atomic E-state index is 13.3. The van der Waals surface area contributed by atoms with Crippen molar-refractivity contribution in [1.82, 2.24) is 10.2 Å². The molecule has 1 aromatic carbocycles.